The summed E-state index contributed by atoms with van der Waals surface area (Å²) in [6, 6.07) is 5.50. The van der Waals surface area contributed by atoms with E-state index in [0.29, 0.717) is 5.56 Å². The van der Waals surface area contributed by atoms with Gasteiger partial charge in [-0.25, -0.2) is 23.1 Å². The molecule has 0 aliphatic carbocycles. The SMILES string of the molecule is C[C@@H](C(=O)Nc1cnc(Oc2ccc(F)cc2CO)cn1)N1CCC(F)(F)[C@@H](c2ccc(=O)[nH]c2)C1. The van der Waals surface area contributed by atoms with Crippen LogP contribution in [0.25, 0.3) is 0 Å². The summed E-state index contributed by atoms with van der Waals surface area (Å²) in [5.74, 6) is -4.74. The molecule has 0 radical (unpaired) electrons. The highest BCUT2D eigenvalue weighted by atomic mass is 19.3. The number of aromatic nitrogens is 3. The molecule has 1 aliphatic rings. The number of rotatable bonds is 7. The summed E-state index contributed by atoms with van der Waals surface area (Å²) >= 11 is 0. The minimum atomic E-state index is -2.98. The molecular weight excluding hydrogens is 479 g/mol. The number of nitrogens with one attached hydrogen (secondary N) is 2. The second-order valence-electron chi connectivity index (χ2n) is 8.46. The van der Waals surface area contributed by atoms with Crippen LogP contribution in [-0.4, -0.2) is 55.9 Å². The van der Waals surface area contributed by atoms with E-state index < -0.39 is 42.6 Å². The van der Waals surface area contributed by atoms with E-state index in [2.05, 4.69) is 20.3 Å². The maximum absolute atomic E-state index is 14.6. The molecule has 2 atom stereocenters. The number of H-pyrrole nitrogens is 1. The van der Waals surface area contributed by atoms with Crippen molar-refractivity contribution in [3.05, 3.63) is 76.2 Å². The number of benzene rings is 1. The molecule has 9 nitrogen and oxygen atoms in total. The number of pyridine rings is 1. The van der Waals surface area contributed by atoms with Gasteiger partial charge in [-0.1, -0.05) is 6.07 Å². The lowest BCUT2D eigenvalue weighted by atomic mass is 9.87. The zero-order valence-corrected chi connectivity index (χ0v) is 19.2. The summed E-state index contributed by atoms with van der Waals surface area (Å²) in [4.78, 5) is 36.3. The number of anilines is 1. The number of hydrogen-bond acceptors (Lipinski definition) is 7. The van der Waals surface area contributed by atoms with Gasteiger partial charge in [0.05, 0.1) is 31.0 Å². The van der Waals surface area contributed by atoms with Crippen molar-refractivity contribution in [1.29, 1.82) is 0 Å². The third kappa shape index (κ3) is 5.71. The summed E-state index contributed by atoms with van der Waals surface area (Å²) in [6.07, 6.45) is 3.36. The van der Waals surface area contributed by atoms with E-state index >= 15 is 0 Å². The van der Waals surface area contributed by atoms with Gasteiger partial charge in [0.25, 0.3) is 5.92 Å². The van der Waals surface area contributed by atoms with Crippen LogP contribution in [0.3, 0.4) is 0 Å². The van der Waals surface area contributed by atoms with E-state index in [-0.39, 0.29) is 41.7 Å². The number of carbonyl (C=O) groups is 1. The van der Waals surface area contributed by atoms with Crippen molar-refractivity contribution in [2.75, 3.05) is 18.4 Å². The number of hydrogen-bond donors (Lipinski definition) is 3. The number of piperidine rings is 1. The van der Waals surface area contributed by atoms with E-state index in [1.54, 1.807) is 11.8 Å². The quantitative estimate of drug-likeness (QED) is 0.453. The second kappa shape index (κ2) is 10.5. The third-order valence-corrected chi connectivity index (χ3v) is 6.08. The first-order chi connectivity index (χ1) is 17.2. The molecule has 1 aromatic carbocycles. The molecule has 0 spiro atoms. The predicted octanol–water partition coefficient (Wildman–Crippen LogP) is 3.04. The summed E-state index contributed by atoms with van der Waals surface area (Å²) in [5.41, 5.74) is 0.144. The normalized spacial score (nSPS) is 18.4. The summed E-state index contributed by atoms with van der Waals surface area (Å²) in [6.45, 7) is 1.12. The van der Waals surface area contributed by atoms with Gasteiger partial charge in [0, 0.05) is 37.3 Å². The summed E-state index contributed by atoms with van der Waals surface area (Å²) in [5, 5.41) is 12.0. The van der Waals surface area contributed by atoms with E-state index in [4.69, 9.17) is 4.74 Å². The van der Waals surface area contributed by atoms with Crippen molar-refractivity contribution in [2.24, 2.45) is 0 Å². The van der Waals surface area contributed by atoms with Gasteiger partial charge in [-0.15, -0.1) is 0 Å². The second-order valence-corrected chi connectivity index (χ2v) is 8.46. The summed E-state index contributed by atoms with van der Waals surface area (Å²) < 4.78 is 48.1. The van der Waals surface area contributed by atoms with Gasteiger partial charge in [0.15, 0.2) is 5.82 Å². The number of nitrogens with zero attached hydrogens (tertiary/aromatic N) is 3. The molecular formula is C24H24F3N5O4. The Labute approximate surface area is 204 Å². The van der Waals surface area contributed by atoms with Crippen LogP contribution >= 0.6 is 0 Å². The van der Waals surface area contributed by atoms with Crippen LogP contribution < -0.4 is 15.6 Å². The molecule has 2 aromatic heterocycles. The number of ether oxygens (including phenoxy) is 1. The van der Waals surface area contributed by atoms with Crippen LogP contribution in [0.4, 0.5) is 19.0 Å². The molecule has 12 heteroatoms. The highest BCUT2D eigenvalue weighted by Crippen LogP contribution is 2.40. The molecule has 4 rings (SSSR count). The Bertz CT molecular complexity index is 1260. The number of halogens is 3. The number of aromatic amines is 1. The molecule has 3 heterocycles. The van der Waals surface area contributed by atoms with Crippen molar-refractivity contribution >= 4 is 11.7 Å². The average molecular weight is 503 g/mol. The molecule has 1 amide bonds. The van der Waals surface area contributed by atoms with E-state index in [1.165, 1.54) is 42.9 Å². The zero-order chi connectivity index (χ0) is 25.9. The molecule has 1 saturated heterocycles. The predicted molar refractivity (Wildman–Crippen MR) is 123 cm³/mol. The minimum Gasteiger partial charge on any atom is -0.437 e. The Morgan fingerprint density at radius 1 is 1.31 bits per heavy atom. The molecule has 3 aromatic rings. The van der Waals surface area contributed by atoms with Crippen LogP contribution in [0.5, 0.6) is 11.6 Å². The number of likely N-dealkylation sites (tertiary alicyclic amines) is 1. The van der Waals surface area contributed by atoms with Crippen molar-refractivity contribution in [2.45, 2.75) is 37.8 Å². The van der Waals surface area contributed by atoms with Crippen LogP contribution in [0.1, 0.15) is 30.4 Å². The minimum absolute atomic E-state index is 0.0186. The van der Waals surface area contributed by atoms with E-state index in [9.17, 15) is 27.9 Å². The number of amides is 1. The average Bonchev–Trinajstić information content (AvgIpc) is 2.86. The first-order valence-electron chi connectivity index (χ1n) is 11.2. The van der Waals surface area contributed by atoms with Gasteiger partial charge in [-0.05, 0) is 30.7 Å². The van der Waals surface area contributed by atoms with Gasteiger partial charge in [-0.2, -0.15) is 0 Å². The fourth-order valence-corrected chi connectivity index (χ4v) is 3.98. The highest BCUT2D eigenvalue weighted by molar-refractivity contribution is 5.93. The van der Waals surface area contributed by atoms with Gasteiger partial charge >= 0.3 is 0 Å². The largest absolute Gasteiger partial charge is 0.437 e. The summed E-state index contributed by atoms with van der Waals surface area (Å²) in [7, 11) is 0. The van der Waals surface area contributed by atoms with Crippen molar-refractivity contribution in [3.8, 4) is 11.6 Å². The van der Waals surface area contributed by atoms with Gasteiger partial charge in [0.1, 0.15) is 11.6 Å². The Hall–Kier alpha value is -3.77. The highest BCUT2D eigenvalue weighted by Gasteiger charge is 2.46. The van der Waals surface area contributed by atoms with Crippen molar-refractivity contribution in [1.82, 2.24) is 19.9 Å². The van der Waals surface area contributed by atoms with Crippen molar-refractivity contribution < 1.29 is 27.8 Å². The lowest BCUT2D eigenvalue weighted by molar-refractivity contribution is -0.125. The monoisotopic (exact) mass is 503 g/mol. The van der Waals surface area contributed by atoms with E-state index in [1.807, 2.05) is 0 Å². The molecule has 3 N–H and O–H groups in total. The number of alkyl halides is 2. The van der Waals surface area contributed by atoms with Gasteiger partial charge in [-0.3, -0.25) is 14.5 Å². The molecule has 1 aliphatic heterocycles. The standard InChI is InChI=1S/C24H24F3N5O4/c1-14(32-7-6-24(26,27)18(12-32)15-2-5-21(34)29-9-15)23(35)31-20-10-30-22(11-28-20)36-19-4-3-17(25)8-16(19)13-33/h2-5,8-11,14,18,33H,6-7,12-13H2,1H3,(H,29,34)(H,28,31,35)/t14-,18+/m0/s1. The third-order valence-electron chi connectivity index (χ3n) is 6.08. The topological polar surface area (TPSA) is 120 Å². The fourth-order valence-electron chi connectivity index (χ4n) is 3.98. The lowest BCUT2D eigenvalue weighted by Gasteiger charge is -2.40. The fraction of sp³-hybridized carbons (Fsp3) is 0.333. The maximum atomic E-state index is 14.6. The van der Waals surface area contributed by atoms with Crippen LogP contribution in [0, 0.1) is 5.82 Å². The molecule has 36 heavy (non-hydrogen) atoms. The van der Waals surface area contributed by atoms with Crippen LogP contribution in [0.15, 0.2) is 53.7 Å². The number of aliphatic hydroxyl groups is 1. The Morgan fingerprint density at radius 3 is 2.78 bits per heavy atom. The maximum Gasteiger partial charge on any atom is 0.257 e. The molecule has 0 unspecified atom stereocenters. The first-order valence-corrected chi connectivity index (χ1v) is 11.2. The zero-order valence-electron chi connectivity index (χ0n) is 19.2. The number of aliphatic hydroxyl groups excluding tert-OH is 1. The number of carbonyl (C=O) groups excluding carboxylic acids is 1. The Balaban J connectivity index is 1.39. The molecule has 1 fully saturated rings. The van der Waals surface area contributed by atoms with E-state index in [0.717, 1.165) is 6.07 Å². The van der Waals surface area contributed by atoms with Crippen LogP contribution in [-0.2, 0) is 11.4 Å². The molecule has 0 saturated carbocycles. The van der Waals surface area contributed by atoms with Gasteiger partial charge < -0.3 is 20.1 Å². The smallest absolute Gasteiger partial charge is 0.257 e. The lowest BCUT2D eigenvalue weighted by Crippen LogP contribution is -2.52. The molecule has 0 bridgehead atoms. The first kappa shape index (κ1) is 25.3. The molecule has 190 valence electrons. The van der Waals surface area contributed by atoms with Crippen LogP contribution in [0.2, 0.25) is 0 Å². The Kier molecular flexibility index (Phi) is 7.36. The Morgan fingerprint density at radius 2 is 2.11 bits per heavy atom. The van der Waals surface area contributed by atoms with Crippen molar-refractivity contribution in [3.63, 3.8) is 0 Å². The van der Waals surface area contributed by atoms with Gasteiger partial charge in [0.2, 0.25) is 17.3 Å².